The van der Waals surface area contributed by atoms with Gasteiger partial charge in [0.2, 0.25) is 0 Å². The summed E-state index contributed by atoms with van der Waals surface area (Å²) in [6.07, 6.45) is 11.4. The van der Waals surface area contributed by atoms with E-state index in [9.17, 15) is 0 Å². The molecule has 2 heteroatoms. The third-order valence-corrected chi connectivity index (χ3v) is 6.20. The average Bonchev–Trinajstić information content (AvgIpc) is 3.33. The molecule has 0 aromatic carbocycles. The molecule has 3 rings (SSSR count). The quantitative estimate of drug-likeness (QED) is 0.770. The van der Waals surface area contributed by atoms with Gasteiger partial charge < -0.3 is 5.73 Å². The van der Waals surface area contributed by atoms with Crippen molar-refractivity contribution in [3.63, 3.8) is 0 Å². The Morgan fingerprint density at radius 3 is 2.05 bits per heavy atom. The average molecular weight is 278 g/mol. The molecule has 3 aliphatic carbocycles. The first-order chi connectivity index (χ1) is 9.65. The fourth-order valence-corrected chi connectivity index (χ4v) is 4.64. The largest absolute Gasteiger partial charge is 0.329 e. The van der Waals surface area contributed by atoms with Crippen LogP contribution in [0.25, 0.3) is 0 Å². The summed E-state index contributed by atoms with van der Waals surface area (Å²) in [6, 6.07) is 0. The maximum Gasteiger partial charge on any atom is 0.0362 e. The van der Waals surface area contributed by atoms with Crippen molar-refractivity contribution in [2.75, 3.05) is 19.6 Å². The summed E-state index contributed by atoms with van der Waals surface area (Å²) in [5.74, 6) is 3.58. The van der Waals surface area contributed by atoms with Gasteiger partial charge in [-0.05, 0) is 62.2 Å². The van der Waals surface area contributed by atoms with Crippen LogP contribution in [0.15, 0.2) is 0 Å². The van der Waals surface area contributed by atoms with E-state index in [1.54, 1.807) is 0 Å². The van der Waals surface area contributed by atoms with E-state index in [1.807, 2.05) is 0 Å². The maximum absolute atomic E-state index is 6.42. The monoisotopic (exact) mass is 278 g/mol. The van der Waals surface area contributed by atoms with Gasteiger partial charge in [0.25, 0.3) is 0 Å². The molecule has 0 bridgehead atoms. The first-order valence-corrected chi connectivity index (χ1v) is 9.11. The van der Waals surface area contributed by atoms with E-state index in [-0.39, 0.29) is 0 Å². The highest BCUT2D eigenvalue weighted by atomic mass is 15.2. The summed E-state index contributed by atoms with van der Waals surface area (Å²) in [5, 5.41) is 0. The molecule has 2 N–H and O–H groups in total. The van der Waals surface area contributed by atoms with Crippen molar-refractivity contribution < 1.29 is 0 Å². The Morgan fingerprint density at radius 2 is 1.60 bits per heavy atom. The van der Waals surface area contributed by atoms with Crippen molar-refractivity contribution in [2.45, 2.75) is 70.8 Å². The molecule has 0 aromatic rings. The molecule has 0 amide bonds. The zero-order valence-electron chi connectivity index (χ0n) is 13.6. The second kappa shape index (κ2) is 5.96. The van der Waals surface area contributed by atoms with Gasteiger partial charge in [-0.1, -0.05) is 26.7 Å². The number of hydrogen-bond acceptors (Lipinski definition) is 2. The number of nitrogens with zero attached hydrogens (tertiary/aromatic N) is 1. The van der Waals surface area contributed by atoms with E-state index in [0.29, 0.717) is 5.54 Å². The highest BCUT2D eigenvalue weighted by Gasteiger charge is 2.47. The highest BCUT2D eigenvalue weighted by molar-refractivity contribution is 5.03. The van der Waals surface area contributed by atoms with Crippen molar-refractivity contribution in [2.24, 2.45) is 29.4 Å². The van der Waals surface area contributed by atoms with Crippen molar-refractivity contribution >= 4 is 0 Å². The van der Waals surface area contributed by atoms with Gasteiger partial charge in [-0.3, -0.25) is 4.90 Å². The van der Waals surface area contributed by atoms with E-state index in [0.717, 1.165) is 30.2 Å². The summed E-state index contributed by atoms with van der Waals surface area (Å²) in [7, 11) is 0. The van der Waals surface area contributed by atoms with Crippen molar-refractivity contribution in [3.05, 3.63) is 0 Å². The van der Waals surface area contributed by atoms with Crippen LogP contribution in [-0.4, -0.2) is 30.1 Å². The zero-order chi connectivity index (χ0) is 14.2. The maximum atomic E-state index is 6.42. The Labute approximate surface area is 125 Å². The molecule has 0 heterocycles. The Morgan fingerprint density at radius 1 is 1.00 bits per heavy atom. The Hall–Kier alpha value is -0.0800. The summed E-state index contributed by atoms with van der Waals surface area (Å²) in [6.45, 7) is 8.42. The predicted molar refractivity (Wildman–Crippen MR) is 85.6 cm³/mol. The molecule has 3 fully saturated rings. The van der Waals surface area contributed by atoms with Crippen LogP contribution in [0, 0.1) is 23.7 Å². The van der Waals surface area contributed by atoms with Crippen molar-refractivity contribution in [1.29, 1.82) is 0 Å². The number of nitrogens with two attached hydrogens (primary N) is 1. The second-order valence-corrected chi connectivity index (χ2v) is 8.20. The van der Waals surface area contributed by atoms with E-state index in [4.69, 9.17) is 5.73 Å². The Kier molecular flexibility index (Phi) is 4.42. The van der Waals surface area contributed by atoms with Crippen LogP contribution < -0.4 is 5.73 Å². The Bertz CT molecular complexity index is 305. The summed E-state index contributed by atoms with van der Waals surface area (Å²) in [5.41, 5.74) is 6.75. The van der Waals surface area contributed by atoms with Gasteiger partial charge in [-0.15, -0.1) is 0 Å². The molecule has 0 aromatic heterocycles. The predicted octanol–water partition coefficient (Wildman–Crippen LogP) is 3.65. The molecular weight excluding hydrogens is 244 g/mol. The van der Waals surface area contributed by atoms with Gasteiger partial charge in [-0.2, -0.15) is 0 Å². The fraction of sp³-hybridized carbons (Fsp3) is 1.00. The van der Waals surface area contributed by atoms with Gasteiger partial charge >= 0.3 is 0 Å². The van der Waals surface area contributed by atoms with Gasteiger partial charge in [0.15, 0.2) is 0 Å². The number of rotatable bonds is 7. The molecule has 3 saturated carbocycles. The van der Waals surface area contributed by atoms with E-state index in [2.05, 4.69) is 18.7 Å². The van der Waals surface area contributed by atoms with Crippen molar-refractivity contribution in [1.82, 2.24) is 4.90 Å². The molecule has 3 aliphatic rings. The van der Waals surface area contributed by atoms with Crippen LogP contribution in [0.1, 0.15) is 65.2 Å². The lowest BCUT2D eigenvalue weighted by Crippen LogP contribution is -2.62. The molecule has 0 radical (unpaired) electrons. The third kappa shape index (κ3) is 3.06. The first kappa shape index (κ1) is 14.8. The molecule has 0 saturated heterocycles. The lowest BCUT2D eigenvalue weighted by Gasteiger charge is -2.53. The van der Waals surface area contributed by atoms with Gasteiger partial charge in [0.1, 0.15) is 0 Å². The topological polar surface area (TPSA) is 29.3 Å². The normalized spacial score (nSPS) is 35.0. The third-order valence-electron chi connectivity index (χ3n) is 6.20. The van der Waals surface area contributed by atoms with Crippen LogP contribution >= 0.6 is 0 Å². The second-order valence-electron chi connectivity index (χ2n) is 8.20. The molecule has 2 unspecified atom stereocenters. The lowest BCUT2D eigenvalue weighted by molar-refractivity contribution is -0.0197. The van der Waals surface area contributed by atoms with Gasteiger partial charge in [0, 0.05) is 25.2 Å². The SMILES string of the molecule is CC(C)C1CCCCC1(CN)N(CC1CC1)CC1CC1. The highest BCUT2D eigenvalue weighted by Crippen LogP contribution is 2.45. The molecule has 2 nitrogen and oxygen atoms in total. The van der Waals surface area contributed by atoms with E-state index in [1.165, 1.54) is 64.5 Å². The van der Waals surface area contributed by atoms with E-state index >= 15 is 0 Å². The number of hydrogen-bond donors (Lipinski definition) is 1. The molecule has 116 valence electrons. The molecular formula is C18H34N2. The molecule has 0 aliphatic heterocycles. The molecule has 20 heavy (non-hydrogen) atoms. The Balaban J connectivity index is 1.80. The van der Waals surface area contributed by atoms with Crippen LogP contribution in [0.2, 0.25) is 0 Å². The molecule has 0 spiro atoms. The molecule has 2 atom stereocenters. The minimum absolute atomic E-state index is 0.331. The fourth-order valence-electron chi connectivity index (χ4n) is 4.64. The summed E-state index contributed by atoms with van der Waals surface area (Å²) >= 11 is 0. The van der Waals surface area contributed by atoms with Crippen molar-refractivity contribution in [3.8, 4) is 0 Å². The summed E-state index contributed by atoms with van der Waals surface area (Å²) < 4.78 is 0. The lowest BCUT2D eigenvalue weighted by atomic mass is 9.66. The van der Waals surface area contributed by atoms with Crippen LogP contribution in [0.5, 0.6) is 0 Å². The minimum atomic E-state index is 0.331. The first-order valence-electron chi connectivity index (χ1n) is 9.11. The van der Waals surface area contributed by atoms with Gasteiger partial charge in [0.05, 0.1) is 0 Å². The van der Waals surface area contributed by atoms with E-state index < -0.39 is 0 Å². The smallest absolute Gasteiger partial charge is 0.0362 e. The van der Waals surface area contributed by atoms with Crippen LogP contribution in [0.3, 0.4) is 0 Å². The van der Waals surface area contributed by atoms with Crippen LogP contribution in [-0.2, 0) is 0 Å². The summed E-state index contributed by atoms with van der Waals surface area (Å²) in [4.78, 5) is 2.90. The van der Waals surface area contributed by atoms with Crippen LogP contribution in [0.4, 0.5) is 0 Å². The standard InChI is InChI=1S/C18H34N2/c1-14(2)17-5-3-4-10-18(17,13-19)20(11-15-6-7-15)12-16-8-9-16/h14-17H,3-13,19H2,1-2H3. The minimum Gasteiger partial charge on any atom is -0.329 e. The van der Waals surface area contributed by atoms with Gasteiger partial charge in [-0.25, -0.2) is 0 Å². The zero-order valence-corrected chi connectivity index (χ0v) is 13.6.